The van der Waals surface area contributed by atoms with Gasteiger partial charge in [-0.05, 0) is 73.1 Å². The van der Waals surface area contributed by atoms with Crippen LogP contribution in [0.2, 0.25) is 0 Å². The van der Waals surface area contributed by atoms with Crippen molar-refractivity contribution in [3.05, 3.63) is 54.1 Å². The molecule has 0 radical (unpaired) electrons. The first-order valence-corrected chi connectivity index (χ1v) is 10.7. The summed E-state index contributed by atoms with van der Waals surface area (Å²) >= 11 is 5.42. The second-order valence-corrected chi connectivity index (χ2v) is 7.49. The van der Waals surface area contributed by atoms with E-state index in [1.807, 2.05) is 48.5 Å². The predicted octanol–water partition coefficient (Wildman–Crippen LogP) is 6.83. The molecule has 0 N–H and O–H groups in total. The number of benzene rings is 2. The molecule has 152 valence electrons. The van der Waals surface area contributed by atoms with Crippen molar-refractivity contribution in [2.45, 2.75) is 52.9 Å². The molecule has 0 fully saturated rings. The predicted molar refractivity (Wildman–Crippen MR) is 120 cm³/mol. The maximum Gasteiger partial charge on any atom is 0.198 e. The van der Waals surface area contributed by atoms with E-state index in [0.29, 0.717) is 16.7 Å². The summed E-state index contributed by atoms with van der Waals surface area (Å²) in [6.45, 7) is 8.03. The van der Waals surface area contributed by atoms with Crippen molar-refractivity contribution in [1.29, 1.82) is 0 Å². The minimum absolute atomic E-state index is 0.447. The molecular formula is C24H32O3S. The van der Waals surface area contributed by atoms with E-state index < -0.39 is 0 Å². The number of hydrogen-bond acceptors (Lipinski definition) is 4. The molecule has 1 atom stereocenters. The zero-order valence-corrected chi connectivity index (χ0v) is 18.1. The van der Waals surface area contributed by atoms with E-state index in [0.717, 1.165) is 43.1 Å². The van der Waals surface area contributed by atoms with Gasteiger partial charge in [0, 0.05) is 5.56 Å². The molecule has 0 amide bonds. The largest absolute Gasteiger partial charge is 0.494 e. The van der Waals surface area contributed by atoms with Crippen molar-refractivity contribution in [3.8, 4) is 17.2 Å². The van der Waals surface area contributed by atoms with Crippen LogP contribution in [0.4, 0.5) is 0 Å². The molecule has 0 aliphatic rings. The van der Waals surface area contributed by atoms with Gasteiger partial charge in [-0.1, -0.05) is 46.5 Å². The van der Waals surface area contributed by atoms with Gasteiger partial charge in [-0.15, -0.1) is 0 Å². The van der Waals surface area contributed by atoms with Crippen LogP contribution >= 0.6 is 12.2 Å². The second-order valence-electron chi connectivity index (χ2n) is 7.12. The Morgan fingerprint density at radius 1 is 0.821 bits per heavy atom. The molecule has 0 heterocycles. The van der Waals surface area contributed by atoms with Crippen LogP contribution in [0.15, 0.2) is 48.5 Å². The normalized spacial score (nSPS) is 11.7. The lowest BCUT2D eigenvalue weighted by Crippen LogP contribution is -2.08. The van der Waals surface area contributed by atoms with E-state index >= 15 is 0 Å². The maximum absolute atomic E-state index is 5.80. The van der Waals surface area contributed by atoms with Crippen molar-refractivity contribution < 1.29 is 14.2 Å². The average molecular weight is 401 g/mol. The molecule has 0 aliphatic carbocycles. The molecule has 2 rings (SSSR count). The quantitative estimate of drug-likeness (QED) is 0.288. The Labute approximate surface area is 175 Å². The van der Waals surface area contributed by atoms with E-state index in [9.17, 15) is 0 Å². The number of ether oxygens (including phenoxy) is 3. The van der Waals surface area contributed by atoms with Crippen LogP contribution in [0, 0.1) is 5.92 Å². The fraction of sp³-hybridized carbons (Fsp3) is 0.458. The summed E-state index contributed by atoms with van der Waals surface area (Å²) in [4.78, 5) is 0. The fourth-order valence-corrected chi connectivity index (χ4v) is 2.76. The van der Waals surface area contributed by atoms with Gasteiger partial charge in [0.25, 0.3) is 0 Å². The van der Waals surface area contributed by atoms with Crippen LogP contribution in [-0.4, -0.2) is 18.3 Å². The van der Waals surface area contributed by atoms with Crippen molar-refractivity contribution in [2.75, 3.05) is 13.2 Å². The Kier molecular flexibility index (Phi) is 9.84. The van der Waals surface area contributed by atoms with Crippen LogP contribution in [0.5, 0.6) is 17.2 Å². The molecule has 0 spiro atoms. The highest BCUT2D eigenvalue weighted by atomic mass is 32.1. The van der Waals surface area contributed by atoms with Gasteiger partial charge in [0.15, 0.2) is 5.05 Å². The molecule has 0 unspecified atom stereocenters. The smallest absolute Gasteiger partial charge is 0.198 e. The SMILES string of the molecule is CCCCCCOc1ccc(C(=S)Oc2ccc(OC[C@@H](C)CC)cc2)cc1. The van der Waals surface area contributed by atoms with E-state index in [2.05, 4.69) is 20.8 Å². The third-order valence-corrected chi connectivity index (χ3v) is 4.94. The maximum atomic E-state index is 5.80. The first kappa shape index (κ1) is 22.2. The zero-order chi connectivity index (χ0) is 20.2. The molecule has 3 nitrogen and oxygen atoms in total. The second kappa shape index (κ2) is 12.4. The van der Waals surface area contributed by atoms with Gasteiger partial charge >= 0.3 is 0 Å². The Morgan fingerprint density at radius 3 is 2.07 bits per heavy atom. The van der Waals surface area contributed by atoms with Crippen LogP contribution in [-0.2, 0) is 0 Å². The molecule has 0 saturated heterocycles. The van der Waals surface area contributed by atoms with E-state index in [-0.39, 0.29) is 0 Å². The highest BCUT2D eigenvalue weighted by Gasteiger charge is 2.06. The van der Waals surface area contributed by atoms with E-state index in [1.165, 1.54) is 19.3 Å². The van der Waals surface area contributed by atoms with Gasteiger partial charge in [-0.25, -0.2) is 0 Å². The molecule has 28 heavy (non-hydrogen) atoms. The number of rotatable bonds is 12. The molecule has 0 bridgehead atoms. The molecule has 2 aromatic rings. The topological polar surface area (TPSA) is 27.7 Å². The van der Waals surface area contributed by atoms with Crippen molar-refractivity contribution in [3.63, 3.8) is 0 Å². The lowest BCUT2D eigenvalue weighted by atomic mass is 10.1. The zero-order valence-electron chi connectivity index (χ0n) is 17.3. The Morgan fingerprint density at radius 2 is 1.43 bits per heavy atom. The lowest BCUT2D eigenvalue weighted by Gasteiger charge is -2.12. The Balaban J connectivity index is 1.80. The molecule has 4 heteroatoms. The summed E-state index contributed by atoms with van der Waals surface area (Å²) in [7, 11) is 0. The van der Waals surface area contributed by atoms with Crippen molar-refractivity contribution in [2.24, 2.45) is 5.92 Å². The summed E-state index contributed by atoms with van der Waals surface area (Å²) in [6, 6.07) is 15.3. The van der Waals surface area contributed by atoms with Crippen LogP contribution in [0.25, 0.3) is 0 Å². The third-order valence-electron chi connectivity index (χ3n) is 4.62. The summed E-state index contributed by atoms with van der Waals surface area (Å²) < 4.78 is 17.3. The summed E-state index contributed by atoms with van der Waals surface area (Å²) in [5.74, 6) is 2.97. The highest BCUT2D eigenvalue weighted by molar-refractivity contribution is 7.80. The molecular weight excluding hydrogens is 368 g/mol. The van der Waals surface area contributed by atoms with Gasteiger partial charge in [0.2, 0.25) is 0 Å². The van der Waals surface area contributed by atoms with Gasteiger partial charge in [-0.2, -0.15) is 0 Å². The number of hydrogen-bond donors (Lipinski definition) is 0. The van der Waals surface area contributed by atoms with Crippen LogP contribution < -0.4 is 14.2 Å². The summed E-state index contributed by atoms with van der Waals surface area (Å²) in [6.07, 6.45) is 5.92. The Hall–Kier alpha value is -2.07. The number of unbranched alkanes of at least 4 members (excludes halogenated alkanes) is 3. The fourth-order valence-electron chi connectivity index (χ4n) is 2.53. The van der Waals surface area contributed by atoms with Crippen LogP contribution in [0.3, 0.4) is 0 Å². The van der Waals surface area contributed by atoms with Crippen LogP contribution in [0.1, 0.15) is 58.4 Å². The summed E-state index contributed by atoms with van der Waals surface area (Å²) in [5.41, 5.74) is 0.866. The van der Waals surface area contributed by atoms with Gasteiger partial charge < -0.3 is 14.2 Å². The van der Waals surface area contributed by atoms with E-state index in [1.54, 1.807) is 0 Å². The van der Waals surface area contributed by atoms with Crippen molar-refractivity contribution in [1.82, 2.24) is 0 Å². The molecule has 0 aromatic heterocycles. The van der Waals surface area contributed by atoms with Gasteiger partial charge in [0.1, 0.15) is 17.2 Å². The first-order chi connectivity index (χ1) is 13.6. The average Bonchev–Trinajstić information content (AvgIpc) is 2.73. The minimum atomic E-state index is 0.447. The van der Waals surface area contributed by atoms with Gasteiger partial charge in [-0.3, -0.25) is 0 Å². The lowest BCUT2D eigenvalue weighted by molar-refractivity contribution is 0.256. The summed E-state index contributed by atoms with van der Waals surface area (Å²) in [5, 5.41) is 0.447. The Bertz CT molecular complexity index is 695. The van der Waals surface area contributed by atoms with Crippen molar-refractivity contribution >= 4 is 17.3 Å². The molecule has 2 aromatic carbocycles. The van der Waals surface area contributed by atoms with Gasteiger partial charge in [0.05, 0.1) is 13.2 Å². The number of thiocarbonyl (C=S) groups is 1. The highest BCUT2D eigenvalue weighted by Crippen LogP contribution is 2.21. The minimum Gasteiger partial charge on any atom is -0.494 e. The first-order valence-electron chi connectivity index (χ1n) is 10.3. The molecule has 0 aliphatic heterocycles. The monoisotopic (exact) mass is 400 g/mol. The standard InChI is InChI=1S/C24H32O3S/c1-4-6-7-8-17-25-21-11-9-20(10-12-21)24(28)27-23-15-13-22(14-16-23)26-18-19(3)5-2/h9-16,19H,4-8,17-18H2,1-3H3/t19-/m0/s1. The molecule has 0 saturated carbocycles. The third kappa shape index (κ3) is 7.89. The van der Waals surface area contributed by atoms with E-state index in [4.69, 9.17) is 26.4 Å².